The van der Waals surface area contributed by atoms with Crippen molar-refractivity contribution < 1.29 is 9.90 Å². The highest BCUT2D eigenvalue weighted by Gasteiger charge is 1.95. The Bertz CT molecular complexity index is 38.7. The van der Waals surface area contributed by atoms with Gasteiger partial charge >= 0.3 is 0 Å². The van der Waals surface area contributed by atoms with Crippen LogP contribution < -0.4 is 0 Å². The summed E-state index contributed by atoms with van der Waals surface area (Å²) < 4.78 is 0. The molecule has 0 aliphatic rings. The molecule has 0 amide bonds. The maximum atomic E-state index is 8.67. The highest BCUT2D eigenvalue weighted by atomic mass is 28.3. The van der Waals surface area contributed by atoms with Gasteiger partial charge in [-0.05, 0) is 19.0 Å². The van der Waals surface area contributed by atoms with Crippen molar-refractivity contribution in [2.24, 2.45) is 0 Å². The van der Waals surface area contributed by atoms with Crippen LogP contribution in [-0.4, -0.2) is 25.5 Å². The summed E-state index contributed by atoms with van der Waals surface area (Å²) in [5, 5.41) is 8.22. The zero-order valence-corrected chi connectivity index (χ0v) is 5.52. The van der Waals surface area contributed by atoms with Gasteiger partial charge in [-0.3, -0.25) is 0 Å². The SMILES string of the molecule is C[Si](O)CCCO. The van der Waals surface area contributed by atoms with Gasteiger partial charge in [-0.2, -0.15) is 0 Å². The molecule has 3 heteroatoms. The first-order chi connectivity index (χ1) is 3.27. The maximum Gasteiger partial charge on any atom is 0.203 e. The Labute approximate surface area is 45.5 Å². The second-order valence-corrected chi connectivity index (χ2v) is 3.53. The molecule has 0 aromatic rings. The molecule has 43 valence electrons. The first-order valence-electron chi connectivity index (χ1n) is 2.39. The van der Waals surface area contributed by atoms with Crippen LogP contribution in [0.1, 0.15) is 6.42 Å². The summed E-state index contributed by atoms with van der Waals surface area (Å²) in [5.41, 5.74) is 0. The Hall–Kier alpha value is 0.137. The maximum absolute atomic E-state index is 8.67. The van der Waals surface area contributed by atoms with Gasteiger partial charge in [0.1, 0.15) is 0 Å². The van der Waals surface area contributed by atoms with Crippen LogP contribution in [0.15, 0.2) is 0 Å². The van der Waals surface area contributed by atoms with E-state index in [0.29, 0.717) is 0 Å². The van der Waals surface area contributed by atoms with Crippen LogP contribution >= 0.6 is 0 Å². The first-order valence-corrected chi connectivity index (χ1v) is 4.55. The highest BCUT2D eigenvalue weighted by molar-refractivity contribution is 6.48. The quantitative estimate of drug-likeness (QED) is 0.513. The molecule has 0 aromatic carbocycles. The molecule has 0 saturated carbocycles. The van der Waals surface area contributed by atoms with Gasteiger partial charge in [-0.1, -0.05) is 0 Å². The van der Waals surface area contributed by atoms with E-state index in [0.717, 1.165) is 12.5 Å². The summed E-state index contributed by atoms with van der Waals surface area (Å²) in [6.07, 6.45) is 0.751. The lowest BCUT2D eigenvalue weighted by Crippen LogP contribution is -2.04. The Kier molecular flexibility index (Phi) is 4.38. The van der Waals surface area contributed by atoms with Gasteiger partial charge in [0.2, 0.25) is 9.04 Å². The summed E-state index contributed by atoms with van der Waals surface area (Å²) in [5.74, 6) is 0. The molecule has 2 nitrogen and oxygen atoms in total. The van der Waals surface area contributed by atoms with Crippen molar-refractivity contribution in [3.63, 3.8) is 0 Å². The zero-order chi connectivity index (χ0) is 5.70. The molecule has 0 fully saturated rings. The Balaban J connectivity index is 2.68. The minimum atomic E-state index is -1.06. The largest absolute Gasteiger partial charge is 0.432 e. The third kappa shape index (κ3) is 6.14. The highest BCUT2D eigenvalue weighted by Crippen LogP contribution is 1.90. The molecule has 0 atom stereocenters. The van der Waals surface area contributed by atoms with E-state index >= 15 is 0 Å². The van der Waals surface area contributed by atoms with Crippen molar-refractivity contribution in [2.45, 2.75) is 19.0 Å². The van der Waals surface area contributed by atoms with Crippen LogP contribution in [0.4, 0.5) is 0 Å². The first kappa shape index (κ1) is 7.14. The number of aliphatic hydroxyl groups excluding tert-OH is 1. The van der Waals surface area contributed by atoms with Crippen LogP contribution in [0.3, 0.4) is 0 Å². The monoisotopic (exact) mass is 119 g/mol. The Morgan fingerprint density at radius 2 is 2.14 bits per heavy atom. The van der Waals surface area contributed by atoms with Gasteiger partial charge in [-0.15, -0.1) is 0 Å². The van der Waals surface area contributed by atoms with Crippen molar-refractivity contribution >= 4 is 9.04 Å². The molecular formula is C4H11O2Si. The number of hydrogen-bond acceptors (Lipinski definition) is 2. The lowest BCUT2D eigenvalue weighted by molar-refractivity contribution is 0.293. The van der Waals surface area contributed by atoms with Gasteiger partial charge in [-0.25, -0.2) is 0 Å². The van der Waals surface area contributed by atoms with Crippen molar-refractivity contribution in [1.82, 2.24) is 0 Å². The van der Waals surface area contributed by atoms with Crippen LogP contribution in [0.2, 0.25) is 12.6 Å². The smallest absolute Gasteiger partial charge is 0.203 e. The van der Waals surface area contributed by atoms with Crippen LogP contribution in [-0.2, 0) is 0 Å². The third-order valence-electron chi connectivity index (χ3n) is 0.697. The Morgan fingerprint density at radius 1 is 1.57 bits per heavy atom. The summed E-state index contributed by atoms with van der Waals surface area (Å²) in [4.78, 5) is 8.67. The predicted octanol–water partition coefficient (Wildman–Crippen LogP) is -0.0176. The molecular weight excluding hydrogens is 108 g/mol. The molecule has 0 aliphatic carbocycles. The normalized spacial score (nSPS) is 10.3. The summed E-state index contributed by atoms with van der Waals surface area (Å²) in [7, 11) is -1.06. The number of aliphatic hydroxyl groups is 1. The average Bonchev–Trinajstić information content (AvgIpc) is 1.61. The summed E-state index contributed by atoms with van der Waals surface area (Å²) in [6.45, 7) is 2.03. The third-order valence-corrected chi connectivity index (χ3v) is 1.77. The van der Waals surface area contributed by atoms with Crippen LogP contribution in [0.5, 0.6) is 0 Å². The van der Waals surface area contributed by atoms with Crippen molar-refractivity contribution in [2.75, 3.05) is 6.61 Å². The fourth-order valence-corrected chi connectivity index (χ4v) is 1.00. The van der Waals surface area contributed by atoms with E-state index in [9.17, 15) is 0 Å². The van der Waals surface area contributed by atoms with Gasteiger partial charge in [0, 0.05) is 6.61 Å². The van der Waals surface area contributed by atoms with Crippen molar-refractivity contribution in [1.29, 1.82) is 0 Å². The molecule has 0 spiro atoms. The fraction of sp³-hybridized carbons (Fsp3) is 1.00. The van der Waals surface area contributed by atoms with Crippen LogP contribution in [0.25, 0.3) is 0 Å². The van der Waals surface area contributed by atoms with Crippen molar-refractivity contribution in [3.8, 4) is 0 Å². The molecule has 0 unspecified atom stereocenters. The van der Waals surface area contributed by atoms with Gasteiger partial charge < -0.3 is 9.90 Å². The Morgan fingerprint density at radius 3 is 2.29 bits per heavy atom. The molecule has 2 N–H and O–H groups in total. The second kappa shape index (κ2) is 4.30. The summed E-state index contributed by atoms with van der Waals surface area (Å²) in [6, 6.07) is 0.807. The lowest BCUT2D eigenvalue weighted by Gasteiger charge is -1.94. The van der Waals surface area contributed by atoms with E-state index in [2.05, 4.69) is 0 Å². The molecule has 0 heterocycles. The van der Waals surface area contributed by atoms with Crippen LogP contribution in [0, 0.1) is 0 Å². The van der Waals surface area contributed by atoms with Gasteiger partial charge in [0.05, 0.1) is 0 Å². The van der Waals surface area contributed by atoms with E-state index in [1.807, 2.05) is 6.55 Å². The molecule has 0 saturated heterocycles. The predicted molar refractivity (Wildman–Crippen MR) is 30.3 cm³/mol. The molecule has 7 heavy (non-hydrogen) atoms. The molecule has 0 aromatic heterocycles. The van der Waals surface area contributed by atoms with E-state index in [1.165, 1.54) is 0 Å². The number of hydrogen-bond donors (Lipinski definition) is 2. The average molecular weight is 119 g/mol. The zero-order valence-electron chi connectivity index (χ0n) is 4.52. The van der Waals surface area contributed by atoms with E-state index in [1.54, 1.807) is 0 Å². The van der Waals surface area contributed by atoms with Gasteiger partial charge in [0.25, 0.3) is 0 Å². The minimum Gasteiger partial charge on any atom is -0.432 e. The second-order valence-electron chi connectivity index (χ2n) is 1.56. The van der Waals surface area contributed by atoms with E-state index < -0.39 is 9.04 Å². The lowest BCUT2D eigenvalue weighted by atomic mass is 10.5. The van der Waals surface area contributed by atoms with E-state index in [-0.39, 0.29) is 6.61 Å². The molecule has 0 bridgehead atoms. The molecule has 0 aliphatic heterocycles. The van der Waals surface area contributed by atoms with Gasteiger partial charge in [0.15, 0.2) is 0 Å². The minimum absolute atomic E-state index is 0.211. The summed E-state index contributed by atoms with van der Waals surface area (Å²) >= 11 is 0. The standard InChI is InChI=1S/C4H11O2Si/c1-7(6)4-2-3-5/h5-6H,2-4H2,1H3. The van der Waals surface area contributed by atoms with Crippen molar-refractivity contribution in [3.05, 3.63) is 0 Å². The molecule has 1 radical (unpaired) electrons. The fourth-order valence-electron chi connectivity index (χ4n) is 0.335. The van der Waals surface area contributed by atoms with E-state index in [4.69, 9.17) is 9.90 Å². The number of rotatable bonds is 3. The topological polar surface area (TPSA) is 40.5 Å². The molecule has 0 rings (SSSR count).